The molecule has 0 radical (unpaired) electrons. The molecule has 3 heterocycles. The van der Waals surface area contributed by atoms with Crippen molar-refractivity contribution in [2.24, 2.45) is 0 Å². The second kappa shape index (κ2) is 9.16. The van der Waals surface area contributed by atoms with Gasteiger partial charge in [-0.25, -0.2) is 10.5 Å². The number of nitrogens with zero attached hydrogens (tertiary/aromatic N) is 5. The predicted molar refractivity (Wildman–Crippen MR) is 105 cm³/mol. The third-order valence-corrected chi connectivity index (χ3v) is 4.40. The number of nitrogens with two attached hydrogens (primary N) is 1. The monoisotopic (exact) mass is 422 g/mol. The van der Waals surface area contributed by atoms with Crippen molar-refractivity contribution in [3.63, 3.8) is 0 Å². The van der Waals surface area contributed by atoms with Gasteiger partial charge in [0.05, 0.1) is 36.7 Å². The van der Waals surface area contributed by atoms with Crippen molar-refractivity contribution >= 4 is 11.7 Å². The normalized spacial score (nSPS) is 15.4. The minimum Gasteiger partial charge on any atom is -0.471 e. The van der Waals surface area contributed by atoms with Crippen molar-refractivity contribution < 1.29 is 19.1 Å². The Morgan fingerprint density at radius 1 is 1.42 bits per heavy atom. The molecule has 3 aromatic rings. The zero-order chi connectivity index (χ0) is 21.6. The highest BCUT2D eigenvalue weighted by molar-refractivity contribution is 6.00. The van der Waals surface area contributed by atoms with E-state index in [4.69, 9.17) is 25.3 Å². The molecule has 1 aliphatic rings. The van der Waals surface area contributed by atoms with Gasteiger partial charge in [0.15, 0.2) is 5.82 Å². The summed E-state index contributed by atoms with van der Waals surface area (Å²) >= 11 is 0. The zero-order valence-electron chi connectivity index (χ0n) is 16.2. The average molecular weight is 422 g/mol. The van der Waals surface area contributed by atoms with E-state index in [1.807, 2.05) is 0 Å². The maximum absolute atomic E-state index is 12.7. The van der Waals surface area contributed by atoms with E-state index < -0.39 is 5.91 Å². The van der Waals surface area contributed by atoms with Gasteiger partial charge in [-0.3, -0.25) is 14.7 Å². The zero-order valence-corrected chi connectivity index (χ0v) is 16.2. The molecule has 0 aliphatic carbocycles. The van der Waals surface area contributed by atoms with Crippen LogP contribution in [0.15, 0.2) is 30.5 Å². The number of aromatic nitrogens is 5. The highest BCUT2D eigenvalue weighted by atomic mass is 16.7. The molecule has 4 N–H and O–H groups in total. The molecule has 158 valence electrons. The highest BCUT2D eigenvalue weighted by Gasteiger charge is 2.26. The van der Waals surface area contributed by atoms with Crippen LogP contribution >= 0.6 is 0 Å². The van der Waals surface area contributed by atoms with E-state index in [1.165, 1.54) is 6.20 Å². The van der Waals surface area contributed by atoms with Crippen LogP contribution < -0.4 is 16.0 Å². The molecule has 1 amide bonds. The highest BCUT2D eigenvalue weighted by Crippen LogP contribution is 2.28. The number of amides is 1. The van der Waals surface area contributed by atoms with Gasteiger partial charge in [0, 0.05) is 12.0 Å². The van der Waals surface area contributed by atoms with Crippen LogP contribution in [-0.2, 0) is 16.2 Å². The number of nitriles is 1. The van der Waals surface area contributed by atoms with Gasteiger partial charge < -0.3 is 15.2 Å². The van der Waals surface area contributed by atoms with Crippen molar-refractivity contribution in [3.8, 4) is 23.3 Å². The van der Waals surface area contributed by atoms with Gasteiger partial charge >= 0.3 is 0 Å². The number of benzene rings is 1. The summed E-state index contributed by atoms with van der Waals surface area (Å²) in [5.41, 5.74) is 9.90. The van der Waals surface area contributed by atoms with Gasteiger partial charge in [0.2, 0.25) is 5.88 Å². The number of nitrogens with one attached hydrogen (secondary N) is 2. The second-order valence-electron chi connectivity index (χ2n) is 6.61. The summed E-state index contributed by atoms with van der Waals surface area (Å²) in [6, 6.07) is 8.79. The lowest BCUT2D eigenvalue weighted by atomic mass is 10.1. The Kier molecular flexibility index (Phi) is 5.97. The number of rotatable bonds is 7. The second-order valence-corrected chi connectivity index (χ2v) is 6.61. The molecule has 0 saturated carbocycles. The third kappa shape index (κ3) is 4.74. The summed E-state index contributed by atoms with van der Waals surface area (Å²) in [5.74, 6) is -0.531. The Bertz CT molecular complexity index is 1110. The first kappa shape index (κ1) is 20.2. The van der Waals surface area contributed by atoms with Crippen LogP contribution in [-0.4, -0.2) is 50.6 Å². The lowest BCUT2D eigenvalue weighted by molar-refractivity contribution is 0.0217. The molecule has 1 aliphatic heterocycles. The molecule has 1 fully saturated rings. The Morgan fingerprint density at radius 3 is 3.06 bits per heavy atom. The summed E-state index contributed by atoms with van der Waals surface area (Å²) in [6.07, 6.45) is 1.83. The Balaban J connectivity index is 1.62. The van der Waals surface area contributed by atoms with Crippen molar-refractivity contribution in [1.82, 2.24) is 30.9 Å². The largest absolute Gasteiger partial charge is 0.471 e. The van der Waals surface area contributed by atoms with Crippen LogP contribution in [0.3, 0.4) is 0 Å². The van der Waals surface area contributed by atoms with Gasteiger partial charge in [-0.05, 0) is 12.1 Å². The fourth-order valence-electron chi connectivity index (χ4n) is 2.90. The maximum Gasteiger partial charge on any atom is 0.284 e. The molecule has 31 heavy (non-hydrogen) atoms. The molecule has 0 bridgehead atoms. The van der Waals surface area contributed by atoms with E-state index in [0.29, 0.717) is 36.5 Å². The van der Waals surface area contributed by atoms with Crippen molar-refractivity contribution in [3.05, 3.63) is 47.3 Å². The molecular weight excluding hydrogens is 404 g/mol. The fourth-order valence-corrected chi connectivity index (χ4v) is 2.90. The third-order valence-electron chi connectivity index (χ3n) is 4.40. The van der Waals surface area contributed by atoms with E-state index >= 15 is 0 Å². The van der Waals surface area contributed by atoms with E-state index in [9.17, 15) is 4.79 Å². The molecule has 2 aromatic heterocycles. The number of carbonyl (C=O) groups is 1. The van der Waals surface area contributed by atoms with Gasteiger partial charge in [0.25, 0.3) is 5.91 Å². The number of aromatic amines is 1. The number of hydroxylamine groups is 1. The Labute approximate surface area is 176 Å². The van der Waals surface area contributed by atoms with Crippen LogP contribution in [0, 0.1) is 11.3 Å². The number of hydrogen-bond donors (Lipinski definition) is 3. The molecular formula is C19H18N8O4. The molecule has 1 atom stereocenters. The van der Waals surface area contributed by atoms with E-state index in [-0.39, 0.29) is 35.8 Å². The quantitative estimate of drug-likeness (QED) is 0.461. The number of ether oxygens (including phenoxy) is 2. The van der Waals surface area contributed by atoms with Crippen molar-refractivity contribution in [2.75, 3.05) is 18.9 Å². The smallest absolute Gasteiger partial charge is 0.284 e. The topological polar surface area (TPSA) is 174 Å². The van der Waals surface area contributed by atoms with Crippen LogP contribution in [0.1, 0.15) is 28.0 Å². The summed E-state index contributed by atoms with van der Waals surface area (Å²) in [5, 5.41) is 18.9. The maximum atomic E-state index is 12.7. The standard InChI is InChI=1S/C19H18N8O4/c20-7-11-2-1-3-12(6-11)17-23-16(21)15(19(24-17)31-14-4-5-29-10-14)18(28)26-30-9-13-8-22-27-25-13/h1-3,6,8,14H,4-5,9-10H2,(H,26,28)(H2,21,23,24)(H,22,25,27)/t14-/m0/s1. The Hall–Kier alpha value is -4.08. The fraction of sp³-hybridized carbons (Fsp3) is 0.263. The molecule has 12 heteroatoms. The SMILES string of the molecule is N#Cc1cccc(-c2nc(N)c(C(=O)NOCc3cnn[nH]3)c(O[C@H]3CCOC3)n2)c1. The van der Waals surface area contributed by atoms with Crippen LogP contribution in [0.5, 0.6) is 5.88 Å². The van der Waals surface area contributed by atoms with E-state index in [2.05, 4.69) is 36.9 Å². The molecule has 0 unspecified atom stereocenters. The van der Waals surface area contributed by atoms with E-state index in [1.54, 1.807) is 24.3 Å². The Morgan fingerprint density at radius 2 is 2.32 bits per heavy atom. The van der Waals surface area contributed by atoms with Gasteiger partial charge in [-0.1, -0.05) is 17.3 Å². The van der Waals surface area contributed by atoms with Gasteiger partial charge in [0.1, 0.15) is 24.1 Å². The lowest BCUT2D eigenvalue weighted by Gasteiger charge is -2.16. The van der Waals surface area contributed by atoms with Gasteiger partial charge in [-0.15, -0.1) is 5.10 Å². The molecule has 1 aromatic carbocycles. The van der Waals surface area contributed by atoms with Crippen molar-refractivity contribution in [1.29, 1.82) is 5.26 Å². The van der Waals surface area contributed by atoms with Crippen LogP contribution in [0.4, 0.5) is 5.82 Å². The summed E-state index contributed by atoms with van der Waals surface area (Å²) in [7, 11) is 0. The molecule has 0 spiro atoms. The molecule has 12 nitrogen and oxygen atoms in total. The minimum atomic E-state index is -0.670. The first-order valence-corrected chi connectivity index (χ1v) is 9.33. The first-order chi connectivity index (χ1) is 15.1. The summed E-state index contributed by atoms with van der Waals surface area (Å²) in [6.45, 7) is 0.934. The van der Waals surface area contributed by atoms with E-state index in [0.717, 1.165) is 0 Å². The summed E-state index contributed by atoms with van der Waals surface area (Å²) < 4.78 is 11.3. The number of H-pyrrole nitrogens is 1. The number of nitrogen functional groups attached to an aromatic ring is 1. The average Bonchev–Trinajstić information content (AvgIpc) is 3.48. The summed E-state index contributed by atoms with van der Waals surface area (Å²) in [4.78, 5) is 26.6. The number of carbonyl (C=O) groups excluding carboxylic acids is 1. The van der Waals surface area contributed by atoms with Crippen LogP contribution in [0.25, 0.3) is 11.4 Å². The lowest BCUT2D eigenvalue weighted by Crippen LogP contribution is -2.28. The van der Waals surface area contributed by atoms with Crippen LogP contribution in [0.2, 0.25) is 0 Å². The predicted octanol–water partition coefficient (Wildman–Crippen LogP) is 0.745. The number of hydrogen-bond acceptors (Lipinski definition) is 10. The van der Waals surface area contributed by atoms with Crippen molar-refractivity contribution in [2.45, 2.75) is 19.1 Å². The van der Waals surface area contributed by atoms with Gasteiger partial charge in [-0.2, -0.15) is 10.2 Å². The minimum absolute atomic E-state index is 0.00432. The number of anilines is 1. The molecule has 1 saturated heterocycles. The first-order valence-electron chi connectivity index (χ1n) is 9.33. The molecule has 4 rings (SSSR count).